The molecular weight excluding hydrogens is 146 g/mol. The lowest BCUT2D eigenvalue weighted by atomic mass is 10.0. The van der Waals surface area contributed by atoms with E-state index in [9.17, 15) is 0 Å². The number of hydrogen-bond donors (Lipinski definition) is 0. The maximum Gasteiger partial charge on any atom is 0.00100 e. The Balaban J connectivity index is 2.26. The third-order valence-electron chi connectivity index (χ3n) is 2.15. The molecule has 0 heterocycles. The standard InChI is InChI=1S/C11H19N/c1-12(2)10-6-9-11-7-4-3-5-8-11/h4,7,9H,3,5-6,8,10H2,1-2H3/b11-9-. The molecule has 0 saturated carbocycles. The molecule has 0 unspecified atom stereocenters. The summed E-state index contributed by atoms with van der Waals surface area (Å²) in [4.78, 5) is 2.23. The first-order chi connectivity index (χ1) is 5.79. The van der Waals surface area contributed by atoms with Gasteiger partial charge in [0, 0.05) is 6.54 Å². The van der Waals surface area contributed by atoms with Crippen molar-refractivity contribution in [3.8, 4) is 0 Å². The molecule has 1 nitrogen and oxygen atoms in total. The first kappa shape index (κ1) is 9.53. The highest BCUT2D eigenvalue weighted by Gasteiger charge is 1.97. The molecule has 0 radical (unpaired) electrons. The highest BCUT2D eigenvalue weighted by molar-refractivity contribution is 5.21. The minimum atomic E-state index is 1.16. The molecule has 0 bridgehead atoms. The first-order valence-corrected chi connectivity index (χ1v) is 4.79. The van der Waals surface area contributed by atoms with Crippen LogP contribution in [-0.4, -0.2) is 25.5 Å². The molecule has 1 heteroatoms. The number of hydrogen-bond acceptors (Lipinski definition) is 1. The molecule has 0 fully saturated rings. The average Bonchev–Trinajstić information content (AvgIpc) is 2.05. The van der Waals surface area contributed by atoms with Crippen molar-refractivity contribution in [2.24, 2.45) is 0 Å². The van der Waals surface area contributed by atoms with Crippen LogP contribution in [0.25, 0.3) is 0 Å². The molecule has 1 aliphatic rings. The summed E-state index contributed by atoms with van der Waals surface area (Å²) >= 11 is 0. The van der Waals surface area contributed by atoms with Crippen LogP contribution in [0.3, 0.4) is 0 Å². The van der Waals surface area contributed by atoms with Crippen LogP contribution in [0.5, 0.6) is 0 Å². The Kier molecular flexibility index (Phi) is 4.09. The van der Waals surface area contributed by atoms with Crippen molar-refractivity contribution in [1.29, 1.82) is 0 Å². The summed E-state index contributed by atoms with van der Waals surface area (Å²) in [5.74, 6) is 0. The smallest absolute Gasteiger partial charge is 0.00100 e. The second-order valence-corrected chi connectivity index (χ2v) is 3.67. The van der Waals surface area contributed by atoms with E-state index in [1.807, 2.05) is 0 Å². The Hall–Kier alpha value is -0.560. The van der Waals surface area contributed by atoms with Gasteiger partial charge in [-0.15, -0.1) is 0 Å². The zero-order chi connectivity index (χ0) is 8.81. The summed E-state index contributed by atoms with van der Waals surface area (Å²) < 4.78 is 0. The van der Waals surface area contributed by atoms with Crippen LogP contribution in [0.1, 0.15) is 25.7 Å². The molecule has 68 valence electrons. The van der Waals surface area contributed by atoms with Gasteiger partial charge in [0.25, 0.3) is 0 Å². The van der Waals surface area contributed by atoms with Gasteiger partial charge >= 0.3 is 0 Å². The molecule has 0 aliphatic heterocycles. The van der Waals surface area contributed by atoms with E-state index in [-0.39, 0.29) is 0 Å². The van der Waals surface area contributed by atoms with Crippen LogP contribution in [0.15, 0.2) is 23.8 Å². The van der Waals surface area contributed by atoms with Crippen LogP contribution in [-0.2, 0) is 0 Å². The highest BCUT2D eigenvalue weighted by atomic mass is 15.0. The van der Waals surface area contributed by atoms with Crippen LogP contribution in [0, 0.1) is 0 Å². The summed E-state index contributed by atoms with van der Waals surface area (Å²) in [6, 6.07) is 0. The Morgan fingerprint density at radius 1 is 1.50 bits per heavy atom. The highest BCUT2D eigenvalue weighted by Crippen LogP contribution is 2.16. The summed E-state index contributed by atoms with van der Waals surface area (Å²) in [5.41, 5.74) is 1.53. The van der Waals surface area contributed by atoms with Crippen molar-refractivity contribution >= 4 is 0 Å². The van der Waals surface area contributed by atoms with Gasteiger partial charge in [0.1, 0.15) is 0 Å². The fraction of sp³-hybridized carbons (Fsp3) is 0.636. The lowest BCUT2D eigenvalue weighted by molar-refractivity contribution is 0.416. The molecular formula is C11H19N. The Bertz CT molecular complexity index is 177. The second-order valence-electron chi connectivity index (χ2n) is 3.67. The topological polar surface area (TPSA) is 3.24 Å². The van der Waals surface area contributed by atoms with Crippen molar-refractivity contribution in [2.75, 3.05) is 20.6 Å². The Morgan fingerprint density at radius 3 is 2.92 bits per heavy atom. The van der Waals surface area contributed by atoms with E-state index in [0.717, 1.165) is 6.54 Å². The predicted octanol–water partition coefficient (Wildman–Crippen LogP) is 2.60. The van der Waals surface area contributed by atoms with Gasteiger partial charge in [0.05, 0.1) is 0 Å². The van der Waals surface area contributed by atoms with E-state index in [0.29, 0.717) is 0 Å². The minimum absolute atomic E-state index is 1.16. The van der Waals surface area contributed by atoms with Gasteiger partial charge in [-0.25, -0.2) is 0 Å². The summed E-state index contributed by atoms with van der Waals surface area (Å²) in [6.07, 6.45) is 12.0. The van der Waals surface area contributed by atoms with Gasteiger partial charge in [0.2, 0.25) is 0 Å². The second kappa shape index (κ2) is 5.15. The van der Waals surface area contributed by atoms with E-state index in [2.05, 4.69) is 37.2 Å². The maximum atomic E-state index is 2.37. The van der Waals surface area contributed by atoms with E-state index < -0.39 is 0 Å². The van der Waals surface area contributed by atoms with Crippen LogP contribution >= 0.6 is 0 Å². The quantitative estimate of drug-likeness (QED) is 0.621. The number of allylic oxidation sites excluding steroid dienone is 3. The molecule has 0 N–H and O–H groups in total. The molecule has 0 aromatic heterocycles. The average molecular weight is 165 g/mol. The molecule has 0 aromatic carbocycles. The van der Waals surface area contributed by atoms with E-state index in [1.54, 1.807) is 0 Å². The lowest BCUT2D eigenvalue weighted by Gasteiger charge is -2.09. The van der Waals surface area contributed by atoms with E-state index in [4.69, 9.17) is 0 Å². The minimum Gasteiger partial charge on any atom is -0.309 e. The summed E-state index contributed by atoms with van der Waals surface area (Å²) in [5, 5.41) is 0. The fourth-order valence-corrected chi connectivity index (χ4v) is 1.42. The predicted molar refractivity (Wildman–Crippen MR) is 54.2 cm³/mol. The van der Waals surface area contributed by atoms with E-state index in [1.165, 1.54) is 31.3 Å². The molecule has 0 aromatic rings. The van der Waals surface area contributed by atoms with Gasteiger partial charge in [-0.05, 0) is 39.8 Å². The molecule has 12 heavy (non-hydrogen) atoms. The van der Waals surface area contributed by atoms with Gasteiger partial charge in [-0.1, -0.05) is 23.8 Å². The van der Waals surface area contributed by atoms with Crippen molar-refractivity contribution in [2.45, 2.75) is 25.7 Å². The van der Waals surface area contributed by atoms with Crippen molar-refractivity contribution in [3.05, 3.63) is 23.8 Å². The van der Waals surface area contributed by atoms with Gasteiger partial charge < -0.3 is 4.90 Å². The molecule has 0 atom stereocenters. The third kappa shape index (κ3) is 3.72. The van der Waals surface area contributed by atoms with Crippen LogP contribution in [0.2, 0.25) is 0 Å². The lowest BCUT2D eigenvalue weighted by Crippen LogP contribution is -2.12. The largest absolute Gasteiger partial charge is 0.309 e. The normalized spacial score (nSPS) is 20.8. The van der Waals surface area contributed by atoms with Crippen molar-refractivity contribution in [1.82, 2.24) is 4.90 Å². The van der Waals surface area contributed by atoms with Gasteiger partial charge in [-0.3, -0.25) is 0 Å². The first-order valence-electron chi connectivity index (χ1n) is 4.79. The molecule has 1 rings (SSSR count). The zero-order valence-electron chi connectivity index (χ0n) is 8.21. The van der Waals surface area contributed by atoms with Crippen molar-refractivity contribution < 1.29 is 0 Å². The monoisotopic (exact) mass is 165 g/mol. The van der Waals surface area contributed by atoms with Gasteiger partial charge in [-0.2, -0.15) is 0 Å². The molecule has 1 aliphatic carbocycles. The van der Waals surface area contributed by atoms with E-state index >= 15 is 0 Å². The molecule has 0 amide bonds. The fourth-order valence-electron chi connectivity index (χ4n) is 1.42. The summed E-state index contributed by atoms with van der Waals surface area (Å²) in [7, 11) is 4.24. The zero-order valence-corrected chi connectivity index (χ0v) is 8.21. The Morgan fingerprint density at radius 2 is 2.33 bits per heavy atom. The molecule has 0 spiro atoms. The van der Waals surface area contributed by atoms with Crippen LogP contribution < -0.4 is 0 Å². The third-order valence-corrected chi connectivity index (χ3v) is 2.15. The van der Waals surface area contributed by atoms with Crippen molar-refractivity contribution in [3.63, 3.8) is 0 Å². The Labute approximate surface area is 75.8 Å². The number of nitrogens with zero attached hydrogens (tertiary/aromatic N) is 1. The van der Waals surface area contributed by atoms with Crippen LogP contribution in [0.4, 0.5) is 0 Å². The summed E-state index contributed by atoms with van der Waals surface area (Å²) in [6.45, 7) is 1.16. The molecule has 0 saturated heterocycles. The SMILES string of the molecule is CN(C)CC/C=C1/C=CCCC1. The number of rotatable bonds is 3. The maximum absolute atomic E-state index is 2.37. The van der Waals surface area contributed by atoms with Gasteiger partial charge in [0.15, 0.2) is 0 Å².